The van der Waals surface area contributed by atoms with E-state index in [9.17, 15) is 0 Å². The minimum Gasteiger partial charge on any atom is -0.162 e. The molecule has 0 spiro atoms. The lowest BCUT2D eigenvalue weighted by Crippen LogP contribution is -2.14. The van der Waals surface area contributed by atoms with E-state index < -0.39 is 0 Å². The highest BCUT2D eigenvalue weighted by Gasteiger charge is 2.18. The molecule has 0 radical (unpaired) electrons. The molecule has 0 bridgehead atoms. The van der Waals surface area contributed by atoms with Crippen molar-refractivity contribution in [1.29, 1.82) is 0 Å². The van der Waals surface area contributed by atoms with Crippen molar-refractivity contribution in [2.75, 3.05) is 11.5 Å². The topological polar surface area (TPSA) is 25.8 Å². The summed E-state index contributed by atoms with van der Waals surface area (Å²) in [6.07, 6.45) is 5.59. The number of benzene rings is 1. The van der Waals surface area contributed by atoms with Crippen molar-refractivity contribution in [1.82, 2.24) is 10.2 Å². The van der Waals surface area contributed by atoms with Gasteiger partial charge in [-0.15, -0.1) is 11.3 Å². The Bertz CT molecular complexity index is 808. The predicted molar refractivity (Wildman–Crippen MR) is 102 cm³/mol. The lowest BCUT2D eigenvalue weighted by atomic mass is 9.98. The highest BCUT2D eigenvalue weighted by atomic mass is 35.5. The highest BCUT2D eigenvalue weighted by molar-refractivity contribution is 7.99. The summed E-state index contributed by atoms with van der Waals surface area (Å²) in [7, 11) is 0. The number of rotatable bonds is 3. The number of aromatic nitrogens is 2. The molecule has 1 aromatic carbocycles. The Morgan fingerprint density at radius 3 is 2.87 bits per heavy atom. The van der Waals surface area contributed by atoms with Gasteiger partial charge in [-0.25, -0.2) is 0 Å². The standard InChI is InChI=1S/C18H17ClN2S2/c19-14-5-3-13(4-6-14)17-9-15-16(21-20-10-18(15)23-17)8-12-2-1-7-22-11-12/h3-6,9-10,12H,1-2,7-8,11H2. The molecule has 3 heterocycles. The summed E-state index contributed by atoms with van der Waals surface area (Å²) < 4.78 is 1.23. The van der Waals surface area contributed by atoms with E-state index in [2.05, 4.69) is 40.2 Å². The molecule has 23 heavy (non-hydrogen) atoms. The molecule has 2 nitrogen and oxygen atoms in total. The Kier molecular flexibility index (Phi) is 4.56. The Balaban J connectivity index is 1.67. The summed E-state index contributed by atoms with van der Waals surface area (Å²) in [4.78, 5) is 1.26. The van der Waals surface area contributed by atoms with Gasteiger partial charge in [0.2, 0.25) is 0 Å². The van der Waals surface area contributed by atoms with Gasteiger partial charge in [-0.1, -0.05) is 23.7 Å². The molecule has 0 amide bonds. The quantitative estimate of drug-likeness (QED) is 0.599. The van der Waals surface area contributed by atoms with E-state index in [4.69, 9.17) is 11.6 Å². The van der Waals surface area contributed by atoms with E-state index in [1.807, 2.05) is 18.3 Å². The molecule has 1 unspecified atom stereocenters. The van der Waals surface area contributed by atoms with Gasteiger partial charge in [0.15, 0.2) is 0 Å². The van der Waals surface area contributed by atoms with E-state index in [0.29, 0.717) is 0 Å². The van der Waals surface area contributed by atoms with Gasteiger partial charge in [0, 0.05) is 15.3 Å². The van der Waals surface area contributed by atoms with Crippen LogP contribution in [0.15, 0.2) is 36.5 Å². The van der Waals surface area contributed by atoms with Crippen molar-refractivity contribution in [3.8, 4) is 10.4 Å². The van der Waals surface area contributed by atoms with Crippen molar-refractivity contribution >= 4 is 44.8 Å². The fourth-order valence-electron chi connectivity index (χ4n) is 3.08. The molecule has 1 fully saturated rings. The van der Waals surface area contributed by atoms with Gasteiger partial charge in [-0.05, 0) is 60.4 Å². The Morgan fingerprint density at radius 1 is 1.22 bits per heavy atom. The summed E-state index contributed by atoms with van der Waals surface area (Å²) in [6, 6.07) is 10.3. The van der Waals surface area contributed by atoms with Gasteiger partial charge in [-0.3, -0.25) is 0 Å². The normalized spacial score (nSPS) is 18.4. The second kappa shape index (κ2) is 6.80. The van der Waals surface area contributed by atoms with Crippen molar-refractivity contribution in [2.45, 2.75) is 19.3 Å². The SMILES string of the molecule is Clc1ccc(-c2cc3c(CC4CCCSC4)nncc3s2)cc1. The number of halogens is 1. The second-order valence-corrected chi connectivity index (χ2v) is 8.64. The maximum absolute atomic E-state index is 5.99. The average molecular weight is 361 g/mol. The molecule has 0 saturated carbocycles. The van der Waals surface area contributed by atoms with Gasteiger partial charge in [0.25, 0.3) is 0 Å². The molecule has 118 valence electrons. The van der Waals surface area contributed by atoms with Crippen LogP contribution in [0.5, 0.6) is 0 Å². The average Bonchev–Trinajstić information content (AvgIpc) is 3.02. The van der Waals surface area contributed by atoms with E-state index in [0.717, 1.165) is 23.1 Å². The third-order valence-corrected chi connectivity index (χ3v) is 6.95. The summed E-state index contributed by atoms with van der Waals surface area (Å²) in [5, 5.41) is 10.7. The third kappa shape index (κ3) is 3.39. The first-order valence-corrected chi connectivity index (χ1v) is 10.2. The number of nitrogens with zero attached hydrogens (tertiary/aromatic N) is 2. The monoisotopic (exact) mass is 360 g/mol. The van der Waals surface area contributed by atoms with Crippen LogP contribution in [0, 0.1) is 5.92 Å². The van der Waals surface area contributed by atoms with Crippen LogP contribution in [0.3, 0.4) is 0 Å². The molecule has 1 aliphatic rings. The smallest absolute Gasteiger partial charge is 0.0721 e. The maximum atomic E-state index is 5.99. The molecule has 1 atom stereocenters. The number of thiophene rings is 1. The van der Waals surface area contributed by atoms with E-state index in [1.165, 1.54) is 44.9 Å². The highest BCUT2D eigenvalue weighted by Crippen LogP contribution is 2.36. The zero-order chi connectivity index (χ0) is 15.6. The van der Waals surface area contributed by atoms with Crippen LogP contribution in [-0.2, 0) is 6.42 Å². The number of thioether (sulfide) groups is 1. The molecule has 3 aromatic rings. The molecular weight excluding hydrogens is 344 g/mol. The largest absolute Gasteiger partial charge is 0.162 e. The van der Waals surface area contributed by atoms with Crippen LogP contribution in [0.2, 0.25) is 5.02 Å². The van der Waals surface area contributed by atoms with Gasteiger partial charge in [0.05, 0.1) is 16.6 Å². The zero-order valence-corrected chi connectivity index (χ0v) is 15.1. The first kappa shape index (κ1) is 15.4. The lowest BCUT2D eigenvalue weighted by molar-refractivity contribution is 0.515. The second-order valence-electron chi connectivity index (χ2n) is 5.97. The fraction of sp³-hybridized carbons (Fsp3) is 0.333. The van der Waals surface area contributed by atoms with E-state index >= 15 is 0 Å². The molecule has 0 aliphatic carbocycles. The van der Waals surface area contributed by atoms with Gasteiger partial charge < -0.3 is 0 Å². The first-order chi connectivity index (χ1) is 11.3. The predicted octanol–water partition coefficient (Wildman–Crippen LogP) is 5.70. The van der Waals surface area contributed by atoms with Crippen LogP contribution < -0.4 is 0 Å². The minimum absolute atomic E-state index is 0.743. The Morgan fingerprint density at radius 2 is 2.09 bits per heavy atom. The van der Waals surface area contributed by atoms with Crippen molar-refractivity contribution in [3.05, 3.63) is 47.2 Å². The lowest BCUT2D eigenvalue weighted by Gasteiger charge is -2.20. The van der Waals surface area contributed by atoms with Crippen LogP contribution >= 0.6 is 34.7 Å². The van der Waals surface area contributed by atoms with E-state index in [-0.39, 0.29) is 0 Å². The van der Waals surface area contributed by atoms with Gasteiger partial charge in [0.1, 0.15) is 0 Å². The first-order valence-electron chi connectivity index (χ1n) is 7.87. The van der Waals surface area contributed by atoms with Gasteiger partial charge in [-0.2, -0.15) is 22.0 Å². The van der Waals surface area contributed by atoms with Crippen LogP contribution in [0.25, 0.3) is 20.5 Å². The third-order valence-electron chi connectivity index (χ3n) is 4.29. The summed E-state index contributed by atoms with van der Waals surface area (Å²) in [5.74, 6) is 3.31. The van der Waals surface area contributed by atoms with Crippen LogP contribution in [0.1, 0.15) is 18.5 Å². The van der Waals surface area contributed by atoms with E-state index in [1.54, 1.807) is 11.3 Å². The summed E-state index contributed by atoms with van der Waals surface area (Å²) >= 11 is 9.85. The van der Waals surface area contributed by atoms with Crippen molar-refractivity contribution < 1.29 is 0 Å². The van der Waals surface area contributed by atoms with Crippen molar-refractivity contribution in [3.63, 3.8) is 0 Å². The molecule has 4 rings (SSSR count). The Labute approximate surface area is 149 Å². The molecule has 0 N–H and O–H groups in total. The maximum Gasteiger partial charge on any atom is 0.0721 e. The fourth-order valence-corrected chi connectivity index (χ4v) is 5.42. The Hall–Kier alpha value is -1.10. The summed E-state index contributed by atoms with van der Waals surface area (Å²) in [5.41, 5.74) is 2.36. The molecule has 5 heteroatoms. The molecular formula is C18H17ClN2S2. The van der Waals surface area contributed by atoms with Crippen LogP contribution in [-0.4, -0.2) is 21.7 Å². The molecule has 2 aromatic heterocycles. The summed E-state index contributed by atoms with van der Waals surface area (Å²) in [6.45, 7) is 0. The minimum atomic E-state index is 0.743. The van der Waals surface area contributed by atoms with Crippen LogP contribution in [0.4, 0.5) is 0 Å². The molecule has 1 saturated heterocycles. The number of hydrogen-bond donors (Lipinski definition) is 0. The van der Waals surface area contributed by atoms with Crippen molar-refractivity contribution in [2.24, 2.45) is 5.92 Å². The zero-order valence-electron chi connectivity index (χ0n) is 12.7. The van der Waals surface area contributed by atoms with Gasteiger partial charge >= 0.3 is 0 Å². The number of hydrogen-bond acceptors (Lipinski definition) is 4. The number of fused-ring (bicyclic) bond motifs is 1. The molecule has 1 aliphatic heterocycles.